The third kappa shape index (κ3) is 14.1. The number of aryl methyl sites for hydroxylation is 2. The molecule has 9 aromatic heterocycles. The number of phenols is 1. The molecular formula is C64H71BCl3IN18O11. The van der Waals surface area contributed by atoms with Gasteiger partial charge in [-0.1, -0.05) is 34.8 Å². The number of halogens is 4. The summed E-state index contributed by atoms with van der Waals surface area (Å²) in [5.41, 5.74) is 24.5. The number of carbonyl (C=O) groups excluding carboxylic acids is 2. The summed E-state index contributed by atoms with van der Waals surface area (Å²) in [5.74, 6) is 1.14. The SMILES string of the molecule is CO.Cc1cc(Cl)c2c(c1)cc(-c1nn(C3CC(O)C3)c3ncnc(N)c13)n2C(=O)OC(C)(C)C.Cc1cc(Cl)c2c(c1)cc(B(O)O)n2C(=O)OC(C)(C)C.Nc1ncnc2c1c(-c1cc3cc(O)cc(Cl)c3[nH]1)nn2C1CC(O)C1.Nc1ncnc2c1c(I)nn2C1CC(O)C1. The van der Waals surface area contributed by atoms with Crippen LogP contribution in [0.4, 0.5) is 27.0 Å². The molecule has 9 heterocycles. The van der Waals surface area contributed by atoms with Gasteiger partial charge < -0.3 is 67.2 Å². The number of nitrogens with one attached hydrogen (secondary N) is 1. The number of ether oxygens (including phenoxy) is 2. The van der Waals surface area contributed by atoms with Crippen LogP contribution in [0, 0.1) is 17.5 Å². The molecule has 514 valence electrons. The number of benzene rings is 3. The first-order chi connectivity index (χ1) is 46.3. The van der Waals surface area contributed by atoms with Gasteiger partial charge in [0.1, 0.15) is 68.5 Å². The van der Waals surface area contributed by atoms with Crippen molar-refractivity contribution in [1.82, 2.24) is 73.4 Å². The minimum atomic E-state index is -1.80. The second-order valence-corrected chi connectivity index (χ2v) is 28.3. The molecule has 0 amide bonds. The van der Waals surface area contributed by atoms with Crippen molar-refractivity contribution >= 4 is 166 Å². The highest BCUT2D eigenvalue weighted by Crippen LogP contribution is 2.43. The zero-order chi connectivity index (χ0) is 70.9. The van der Waals surface area contributed by atoms with E-state index >= 15 is 0 Å². The monoisotopic (exact) mass is 1510 g/mol. The minimum Gasteiger partial charge on any atom is -0.508 e. The van der Waals surface area contributed by atoms with Gasteiger partial charge in [0.2, 0.25) is 0 Å². The van der Waals surface area contributed by atoms with Crippen molar-refractivity contribution in [2.24, 2.45) is 0 Å². The van der Waals surface area contributed by atoms with Crippen LogP contribution >= 0.6 is 57.4 Å². The van der Waals surface area contributed by atoms with Crippen LogP contribution in [0.15, 0.2) is 73.6 Å². The van der Waals surface area contributed by atoms with E-state index in [1.165, 1.54) is 35.7 Å². The number of rotatable bonds is 6. The molecule has 3 fully saturated rings. The van der Waals surface area contributed by atoms with E-state index in [-0.39, 0.29) is 53.6 Å². The largest absolute Gasteiger partial charge is 0.508 e. The Hall–Kier alpha value is -8.51. The van der Waals surface area contributed by atoms with Crippen molar-refractivity contribution in [2.75, 3.05) is 24.3 Å². The average Bonchev–Trinajstić information content (AvgIpc) is 1.59. The van der Waals surface area contributed by atoms with Crippen LogP contribution < -0.4 is 22.8 Å². The lowest BCUT2D eigenvalue weighted by Crippen LogP contribution is -2.41. The highest BCUT2D eigenvalue weighted by Gasteiger charge is 2.37. The zero-order valence-corrected chi connectivity index (χ0v) is 58.9. The van der Waals surface area contributed by atoms with E-state index in [0.29, 0.717) is 119 Å². The summed E-state index contributed by atoms with van der Waals surface area (Å²) in [5, 5.41) is 83.9. The third-order valence-electron chi connectivity index (χ3n) is 16.4. The Labute approximate surface area is 587 Å². The van der Waals surface area contributed by atoms with E-state index in [4.69, 9.17) is 76.8 Å². The fourth-order valence-corrected chi connectivity index (χ4v) is 13.7. The normalized spacial score (nSPS) is 18.2. The molecule has 0 bridgehead atoms. The van der Waals surface area contributed by atoms with Crippen LogP contribution in [0.2, 0.25) is 15.1 Å². The average molecular weight is 1510 g/mol. The van der Waals surface area contributed by atoms with Gasteiger partial charge >= 0.3 is 19.3 Å². The summed E-state index contributed by atoms with van der Waals surface area (Å²) in [6.07, 6.45) is 5.95. The van der Waals surface area contributed by atoms with Crippen molar-refractivity contribution in [3.8, 4) is 28.5 Å². The first-order valence-corrected chi connectivity index (χ1v) is 33.1. The van der Waals surface area contributed by atoms with Crippen LogP contribution in [0.5, 0.6) is 5.75 Å². The Morgan fingerprint density at radius 2 is 0.980 bits per heavy atom. The first kappa shape index (κ1) is 70.8. The Kier molecular flexibility index (Phi) is 20.0. The van der Waals surface area contributed by atoms with Crippen LogP contribution in [0.1, 0.15) is 109 Å². The molecule has 34 heteroatoms. The summed E-state index contributed by atoms with van der Waals surface area (Å²) in [6.45, 7) is 14.4. The molecule has 0 aliphatic heterocycles. The number of aliphatic hydroxyl groups excluding tert-OH is 4. The lowest BCUT2D eigenvalue weighted by Gasteiger charge is -2.31. The number of aromatic nitrogens is 15. The van der Waals surface area contributed by atoms with Crippen LogP contribution in [-0.2, 0) is 9.47 Å². The fourth-order valence-electron chi connectivity index (χ4n) is 11.9. The van der Waals surface area contributed by atoms with Gasteiger partial charge in [0.05, 0.1) is 101 Å². The van der Waals surface area contributed by atoms with Crippen LogP contribution in [0.3, 0.4) is 0 Å². The van der Waals surface area contributed by atoms with Gasteiger partial charge in [0, 0.05) is 29.3 Å². The molecule has 15 rings (SSSR count). The summed E-state index contributed by atoms with van der Waals surface area (Å²) in [7, 11) is -0.804. The topological polar surface area (TPSA) is 429 Å². The van der Waals surface area contributed by atoms with E-state index in [9.17, 15) is 40.1 Å². The van der Waals surface area contributed by atoms with Gasteiger partial charge in [-0.05, 0) is 176 Å². The number of carbonyl (C=O) groups is 2. The second kappa shape index (κ2) is 27.7. The minimum absolute atomic E-state index is 0.0178. The molecule has 3 aliphatic rings. The maximum absolute atomic E-state index is 13.4. The number of fused-ring (bicyclic) bond motifs is 6. The molecule has 0 atom stereocenters. The number of aliphatic hydroxyl groups is 4. The number of hydrogen-bond donors (Lipinski definition) is 11. The van der Waals surface area contributed by atoms with Crippen LogP contribution in [0.25, 0.3) is 88.6 Å². The Balaban J connectivity index is 0.000000135. The van der Waals surface area contributed by atoms with Gasteiger partial charge in [-0.15, -0.1) is 0 Å². The standard InChI is InChI=1S/C23H25ClN6O3.C17H15ClN6O2.C14H17BClNO4.C9H10IN5O.CH4O/c1-11-5-12-7-16(29(19(12)15(24)6-11)22(32)33-23(2,3)4)18-17-20(25)26-10-27-21(17)30(28-18)13-8-14(31)9-13;18-11-5-9(25)1-7-2-12(22-14(7)11)15-13-16(19)20-6-21-17(13)24(23-15)8-3-10(26)4-8;1-8-5-9-7-11(15(19)20)17(12(9)10(16)6-8)13(18)21-14(2,3)4;10-7-6-8(11)12-3-13-9(6)15(14-7)4-1-5(16)2-4;1-2/h5-7,10,13-14,31H,8-9H2,1-4H3,(H2,25,26,27);1-2,5-6,8,10,22,25-26H,3-4H2,(H2,19,20,21);5-7,19-20H,1-4H3;3-5,16H,1-2H2,(H2,11,12,13);2H,1H3. The van der Waals surface area contributed by atoms with E-state index in [0.717, 1.165) is 61.2 Å². The highest BCUT2D eigenvalue weighted by atomic mass is 127. The lowest BCUT2D eigenvalue weighted by atomic mass is 9.86. The van der Waals surface area contributed by atoms with E-state index in [1.807, 2.05) is 42.8 Å². The number of anilines is 3. The van der Waals surface area contributed by atoms with Gasteiger partial charge in [-0.25, -0.2) is 58.1 Å². The molecule has 14 N–H and O–H groups in total. The predicted octanol–water partition coefficient (Wildman–Crippen LogP) is 9.47. The van der Waals surface area contributed by atoms with E-state index < -0.39 is 30.5 Å². The number of H-pyrrole nitrogens is 1. The molecule has 3 aromatic carbocycles. The summed E-state index contributed by atoms with van der Waals surface area (Å²) in [6, 6.07) is 15.9. The van der Waals surface area contributed by atoms with Crippen molar-refractivity contribution in [1.29, 1.82) is 0 Å². The van der Waals surface area contributed by atoms with Crippen LogP contribution in [-0.4, -0.2) is 165 Å². The number of aromatic hydroxyl groups is 1. The lowest BCUT2D eigenvalue weighted by molar-refractivity contribution is 0.0446. The number of nitrogens with two attached hydrogens (primary N) is 3. The molecule has 0 radical (unpaired) electrons. The van der Waals surface area contributed by atoms with Crippen molar-refractivity contribution < 1.29 is 54.6 Å². The number of nitrogen functional groups attached to an aromatic ring is 3. The quantitative estimate of drug-likeness (QED) is 0.0545. The van der Waals surface area contributed by atoms with E-state index in [1.54, 1.807) is 69.1 Å². The Morgan fingerprint density at radius 3 is 1.45 bits per heavy atom. The van der Waals surface area contributed by atoms with Crippen molar-refractivity contribution in [3.63, 3.8) is 0 Å². The maximum atomic E-state index is 13.4. The first-order valence-electron chi connectivity index (χ1n) is 30.9. The predicted molar refractivity (Wildman–Crippen MR) is 382 cm³/mol. The van der Waals surface area contributed by atoms with Gasteiger partial charge in [-0.3, -0.25) is 4.57 Å². The van der Waals surface area contributed by atoms with Crippen molar-refractivity contribution in [2.45, 2.75) is 142 Å². The molecule has 12 aromatic rings. The molecular weight excluding hydrogens is 1440 g/mol. The van der Waals surface area contributed by atoms with Gasteiger partial charge in [-0.2, -0.15) is 15.3 Å². The number of nitrogens with zero attached hydrogens (tertiary/aromatic N) is 14. The molecule has 29 nitrogen and oxygen atoms in total. The molecule has 0 spiro atoms. The Morgan fingerprint density at radius 1 is 0.561 bits per heavy atom. The summed E-state index contributed by atoms with van der Waals surface area (Å²) >= 11 is 21.2. The maximum Gasteiger partial charge on any atom is 0.506 e. The molecule has 0 unspecified atom stereocenters. The fraction of sp³-hybridized carbons (Fsp3) is 0.359. The third-order valence-corrected chi connectivity index (χ3v) is 18.0. The molecule has 98 heavy (non-hydrogen) atoms. The van der Waals surface area contributed by atoms with Crippen molar-refractivity contribution in [3.05, 3.63) is 103 Å². The second-order valence-electron chi connectivity index (χ2n) is 26.1. The molecule has 3 aliphatic carbocycles. The van der Waals surface area contributed by atoms with E-state index in [2.05, 4.69) is 62.6 Å². The summed E-state index contributed by atoms with van der Waals surface area (Å²) in [4.78, 5) is 54.2. The molecule has 3 saturated carbocycles. The smallest absolute Gasteiger partial charge is 0.506 e. The number of aromatic amines is 1. The Bertz CT molecular complexity index is 5040. The zero-order valence-electron chi connectivity index (χ0n) is 54.5. The highest BCUT2D eigenvalue weighted by molar-refractivity contribution is 14.1. The summed E-state index contributed by atoms with van der Waals surface area (Å²) < 4.78 is 19.8. The van der Waals surface area contributed by atoms with Gasteiger partial charge in [0.15, 0.2) is 16.9 Å². The molecule has 0 saturated heterocycles. The van der Waals surface area contributed by atoms with Gasteiger partial charge in [0.25, 0.3) is 0 Å². The number of phenolic OH excluding ortho intramolecular Hbond substituents is 1. The number of hydrogen-bond acceptors (Lipinski definition) is 23.